The molecule has 0 saturated heterocycles. The second kappa shape index (κ2) is 6.81. The van der Waals surface area contributed by atoms with Gasteiger partial charge in [-0.1, -0.05) is 6.07 Å². The van der Waals surface area contributed by atoms with Gasteiger partial charge >= 0.3 is 0 Å². The summed E-state index contributed by atoms with van der Waals surface area (Å²) in [4.78, 5) is 18.2. The number of nitrogens with zero attached hydrogens (tertiary/aromatic N) is 2. The fourth-order valence-electron chi connectivity index (χ4n) is 3.13. The first-order valence-corrected chi connectivity index (χ1v) is 8.28. The van der Waals surface area contributed by atoms with Gasteiger partial charge in [0.25, 0.3) is 5.91 Å². The van der Waals surface area contributed by atoms with E-state index in [1.54, 1.807) is 6.92 Å². The molecule has 0 fully saturated rings. The summed E-state index contributed by atoms with van der Waals surface area (Å²) in [6, 6.07) is 5.71. The third kappa shape index (κ3) is 2.96. The van der Waals surface area contributed by atoms with E-state index in [9.17, 15) is 22.4 Å². The maximum absolute atomic E-state index is 13.9. The number of carbonyl (C=O) groups excluding carboxylic acids is 1. The number of alkyl halides is 1. The number of aliphatic imine (C=N–C) groups is 1. The fraction of sp³-hybridized carbons (Fsp3) is 0.263. The molecule has 1 aliphatic heterocycles. The molecule has 1 heterocycles. The quantitative estimate of drug-likeness (QED) is 0.639. The van der Waals surface area contributed by atoms with Crippen molar-refractivity contribution in [3.63, 3.8) is 0 Å². The molecule has 148 valence electrons. The van der Waals surface area contributed by atoms with Crippen LogP contribution in [0.25, 0.3) is 0 Å². The highest BCUT2D eigenvalue weighted by atomic mass is 19.2. The monoisotopic (exact) mass is 395 g/mol. The van der Waals surface area contributed by atoms with E-state index < -0.39 is 35.3 Å². The number of hydrogen-bond acceptors (Lipinski definition) is 4. The third-order valence-electron chi connectivity index (χ3n) is 4.52. The van der Waals surface area contributed by atoms with Crippen molar-refractivity contribution in [3.8, 4) is 5.75 Å². The number of likely N-dealkylation sites (N-methyl/N-ethyl adjacent to an activating group) is 1. The Morgan fingerprint density at radius 1 is 1.14 bits per heavy atom. The number of amides is 1. The van der Waals surface area contributed by atoms with Crippen LogP contribution in [-0.4, -0.2) is 30.2 Å². The summed E-state index contributed by atoms with van der Waals surface area (Å²) in [5.41, 5.74) is 4.30. The van der Waals surface area contributed by atoms with Gasteiger partial charge in [-0.3, -0.25) is 9.69 Å². The number of ether oxygens (including phenoxy) is 1. The lowest BCUT2D eigenvalue weighted by molar-refractivity contribution is -0.129. The van der Waals surface area contributed by atoms with E-state index in [1.807, 2.05) is 0 Å². The summed E-state index contributed by atoms with van der Waals surface area (Å²) >= 11 is 0. The van der Waals surface area contributed by atoms with Crippen molar-refractivity contribution >= 4 is 11.9 Å². The van der Waals surface area contributed by atoms with Gasteiger partial charge in [0.1, 0.15) is 5.75 Å². The van der Waals surface area contributed by atoms with Crippen LogP contribution >= 0.6 is 0 Å². The van der Waals surface area contributed by atoms with Crippen LogP contribution in [-0.2, 0) is 10.3 Å². The van der Waals surface area contributed by atoms with E-state index in [0.29, 0.717) is 17.7 Å². The highest BCUT2D eigenvalue weighted by molar-refractivity contribution is 6.08. The Hall–Kier alpha value is -3.10. The Bertz CT molecular complexity index is 970. The number of benzene rings is 2. The lowest BCUT2D eigenvalue weighted by Gasteiger charge is -2.27. The van der Waals surface area contributed by atoms with Gasteiger partial charge in [0.15, 0.2) is 29.0 Å². The van der Waals surface area contributed by atoms with Crippen molar-refractivity contribution in [2.45, 2.75) is 25.7 Å². The van der Waals surface area contributed by atoms with E-state index >= 15 is 0 Å². The van der Waals surface area contributed by atoms with Gasteiger partial charge in [-0.2, -0.15) is 0 Å². The molecule has 2 aromatic carbocycles. The molecule has 2 unspecified atom stereocenters. The average Bonchev–Trinajstić information content (AvgIpc) is 2.85. The van der Waals surface area contributed by atoms with Crippen LogP contribution in [0.4, 0.5) is 17.6 Å². The molecule has 0 radical (unpaired) electrons. The molecule has 9 heteroatoms. The number of aryl methyl sites for hydroxylation is 1. The minimum atomic E-state index is -1.92. The van der Waals surface area contributed by atoms with Crippen molar-refractivity contribution in [1.29, 1.82) is 0 Å². The molecule has 1 amide bonds. The van der Waals surface area contributed by atoms with Gasteiger partial charge in [-0.15, -0.1) is 0 Å². The minimum Gasteiger partial charge on any atom is -0.460 e. The number of hydrogen-bond donors (Lipinski definition) is 1. The van der Waals surface area contributed by atoms with Gasteiger partial charge in [-0.25, -0.2) is 22.6 Å². The fourth-order valence-corrected chi connectivity index (χ4v) is 3.13. The average molecular weight is 395 g/mol. The van der Waals surface area contributed by atoms with Crippen LogP contribution in [0, 0.1) is 24.4 Å². The second-order valence-electron chi connectivity index (χ2n) is 6.44. The highest BCUT2D eigenvalue weighted by Crippen LogP contribution is 2.41. The Labute approximate surface area is 158 Å². The molecule has 1 aliphatic rings. The zero-order valence-corrected chi connectivity index (χ0v) is 15.3. The summed E-state index contributed by atoms with van der Waals surface area (Å²) in [5, 5.41) is 0. The summed E-state index contributed by atoms with van der Waals surface area (Å²) in [7, 11) is 1.36. The van der Waals surface area contributed by atoms with Gasteiger partial charge in [0.05, 0.1) is 0 Å². The number of guanidine groups is 1. The standard InChI is InChI=1S/C19H17F4N3O2/c1-9-6-11(4-5-15(9)28-10(2)20)19(17(27)26(3)18(24)25-19)12-7-13(21)16(23)14(22)8-12/h4-8,10H,1-3H3,(H2,24,25). The van der Waals surface area contributed by atoms with Crippen LogP contribution < -0.4 is 10.5 Å². The van der Waals surface area contributed by atoms with E-state index in [0.717, 1.165) is 4.90 Å². The SMILES string of the molecule is Cc1cc(C2(c3cc(F)c(F)c(F)c3)N=C(N)N(C)C2=O)ccc1OC(C)F. The van der Waals surface area contributed by atoms with Crippen LogP contribution in [0.3, 0.4) is 0 Å². The lowest BCUT2D eigenvalue weighted by atomic mass is 9.82. The number of rotatable bonds is 4. The van der Waals surface area contributed by atoms with Gasteiger partial charge in [-0.05, 0) is 47.9 Å². The van der Waals surface area contributed by atoms with Crippen molar-refractivity contribution in [3.05, 3.63) is 64.5 Å². The lowest BCUT2D eigenvalue weighted by Crippen LogP contribution is -2.41. The second-order valence-corrected chi connectivity index (χ2v) is 6.44. The molecular weight excluding hydrogens is 378 g/mol. The molecule has 0 aromatic heterocycles. The summed E-state index contributed by atoms with van der Waals surface area (Å²) in [6.07, 6.45) is -1.56. The smallest absolute Gasteiger partial charge is 0.266 e. The van der Waals surface area contributed by atoms with Gasteiger partial charge < -0.3 is 10.5 Å². The molecule has 0 bridgehead atoms. The topological polar surface area (TPSA) is 67.9 Å². The number of nitrogens with two attached hydrogens (primary N) is 1. The zero-order chi connectivity index (χ0) is 20.8. The maximum Gasteiger partial charge on any atom is 0.266 e. The molecule has 3 rings (SSSR count). The van der Waals surface area contributed by atoms with Crippen molar-refractivity contribution in [2.24, 2.45) is 10.7 Å². The Morgan fingerprint density at radius 3 is 2.21 bits per heavy atom. The van der Waals surface area contributed by atoms with E-state index in [2.05, 4.69) is 4.99 Å². The largest absolute Gasteiger partial charge is 0.460 e. The molecule has 5 nitrogen and oxygen atoms in total. The van der Waals surface area contributed by atoms with Crippen LogP contribution in [0.2, 0.25) is 0 Å². The number of carbonyl (C=O) groups is 1. The summed E-state index contributed by atoms with van der Waals surface area (Å²) in [6.45, 7) is 2.82. The van der Waals surface area contributed by atoms with Gasteiger partial charge in [0.2, 0.25) is 6.36 Å². The van der Waals surface area contributed by atoms with E-state index in [4.69, 9.17) is 10.5 Å². The van der Waals surface area contributed by atoms with Crippen molar-refractivity contribution in [2.75, 3.05) is 7.05 Å². The molecule has 0 saturated carbocycles. The first kappa shape index (κ1) is 19.7. The molecular formula is C19H17F4N3O2. The normalized spacial score (nSPS) is 20.3. The molecule has 0 spiro atoms. The van der Waals surface area contributed by atoms with E-state index in [-0.39, 0.29) is 22.8 Å². The third-order valence-corrected chi connectivity index (χ3v) is 4.52. The van der Waals surface area contributed by atoms with Crippen LogP contribution in [0.15, 0.2) is 35.3 Å². The Balaban J connectivity index is 2.26. The predicted molar refractivity (Wildman–Crippen MR) is 93.9 cm³/mol. The Morgan fingerprint density at radius 2 is 1.75 bits per heavy atom. The van der Waals surface area contributed by atoms with Gasteiger partial charge in [0, 0.05) is 14.0 Å². The minimum absolute atomic E-state index is 0.175. The molecule has 2 atom stereocenters. The first-order chi connectivity index (χ1) is 13.1. The molecule has 0 aliphatic carbocycles. The van der Waals surface area contributed by atoms with Crippen LogP contribution in [0.1, 0.15) is 23.6 Å². The first-order valence-electron chi connectivity index (χ1n) is 8.28. The molecule has 2 N–H and O–H groups in total. The number of halogens is 4. The van der Waals surface area contributed by atoms with Crippen LogP contribution in [0.5, 0.6) is 5.75 Å². The zero-order valence-electron chi connectivity index (χ0n) is 15.3. The van der Waals surface area contributed by atoms with Crippen molar-refractivity contribution < 1.29 is 27.1 Å². The summed E-state index contributed by atoms with van der Waals surface area (Å²) in [5.74, 6) is -5.22. The molecule has 28 heavy (non-hydrogen) atoms. The highest BCUT2D eigenvalue weighted by Gasteiger charge is 2.50. The maximum atomic E-state index is 13.9. The summed E-state index contributed by atoms with van der Waals surface area (Å²) < 4.78 is 59.5. The predicted octanol–water partition coefficient (Wildman–Crippen LogP) is 3.14. The molecule has 2 aromatic rings. The van der Waals surface area contributed by atoms with E-state index in [1.165, 1.54) is 32.2 Å². The Kier molecular flexibility index (Phi) is 4.78. The van der Waals surface area contributed by atoms with Crippen molar-refractivity contribution in [1.82, 2.24) is 4.90 Å².